The Kier molecular flexibility index (Phi) is 4.13. The van der Waals surface area contributed by atoms with Crippen LogP contribution in [0.4, 0.5) is 13.2 Å². The fourth-order valence-corrected chi connectivity index (χ4v) is 2.83. The SMILES string of the molecule is O=C(c1ccc(C(F)(F)F)nc1)N1CCC(n2cc(Br)cn2)C1. The van der Waals surface area contributed by atoms with Crippen LogP contribution < -0.4 is 0 Å². The van der Waals surface area contributed by atoms with E-state index in [-0.39, 0.29) is 17.5 Å². The topological polar surface area (TPSA) is 51.0 Å². The van der Waals surface area contributed by atoms with Gasteiger partial charge in [0.2, 0.25) is 0 Å². The Balaban J connectivity index is 1.69. The van der Waals surface area contributed by atoms with Crippen molar-refractivity contribution in [3.63, 3.8) is 0 Å². The van der Waals surface area contributed by atoms with E-state index in [9.17, 15) is 18.0 Å². The van der Waals surface area contributed by atoms with Gasteiger partial charge in [0.05, 0.1) is 22.3 Å². The summed E-state index contributed by atoms with van der Waals surface area (Å²) in [6, 6.07) is 2.05. The van der Waals surface area contributed by atoms with Gasteiger partial charge in [-0.3, -0.25) is 14.5 Å². The molecule has 3 rings (SSSR count). The Hall–Kier alpha value is -1.90. The number of carbonyl (C=O) groups excluding carboxylic acids is 1. The number of nitrogens with zero attached hydrogens (tertiary/aromatic N) is 4. The van der Waals surface area contributed by atoms with Crippen LogP contribution in [0, 0.1) is 0 Å². The fourth-order valence-electron chi connectivity index (χ4n) is 2.53. The van der Waals surface area contributed by atoms with Crippen molar-refractivity contribution in [3.05, 3.63) is 46.5 Å². The lowest BCUT2D eigenvalue weighted by Gasteiger charge is -2.17. The maximum Gasteiger partial charge on any atom is 0.433 e. The molecule has 1 fully saturated rings. The summed E-state index contributed by atoms with van der Waals surface area (Å²) in [6.07, 6.45) is 0.716. The first kappa shape index (κ1) is 16.0. The minimum Gasteiger partial charge on any atom is -0.336 e. The number of halogens is 4. The van der Waals surface area contributed by atoms with Crippen LogP contribution in [0.25, 0.3) is 0 Å². The predicted octanol–water partition coefficient (Wildman–Crippen LogP) is 3.15. The van der Waals surface area contributed by atoms with E-state index in [1.165, 1.54) is 0 Å². The van der Waals surface area contributed by atoms with Crippen LogP contribution in [0.5, 0.6) is 0 Å². The van der Waals surface area contributed by atoms with Crippen LogP contribution >= 0.6 is 15.9 Å². The maximum absolute atomic E-state index is 12.5. The lowest BCUT2D eigenvalue weighted by Crippen LogP contribution is -2.29. The summed E-state index contributed by atoms with van der Waals surface area (Å²) in [4.78, 5) is 17.3. The average Bonchev–Trinajstić information content (AvgIpc) is 3.14. The molecule has 122 valence electrons. The molecule has 0 aromatic carbocycles. The number of aromatic nitrogens is 3. The molecule has 23 heavy (non-hydrogen) atoms. The molecule has 9 heteroatoms. The van der Waals surface area contributed by atoms with Crippen molar-refractivity contribution >= 4 is 21.8 Å². The molecule has 5 nitrogen and oxygen atoms in total. The predicted molar refractivity (Wildman–Crippen MR) is 78.7 cm³/mol. The lowest BCUT2D eigenvalue weighted by atomic mass is 10.2. The highest BCUT2D eigenvalue weighted by molar-refractivity contribution is 9.10. The van der Waals surface area contributed by atoms with E-state index >= 15 is 0 Å². The van der Waals surface area contributed by atoms with Gasteiger partial charge >= 0.3 is 6.18 Å². The highest BCUT2D eigenvalue weighted by Crippen LogP contribution is 2.28. The highest BCUT2D eigenvalue weighted by Gasteiger charge is 2.33. The highest BCUT2D eigenvalue weighted by atomic mass is 79.9. The number of rotatable bonds is 2. The molecule has 0 N–H and O–H groups in total. The van der Waals surface area contributed by atoms with Crippen molar-refractivity contribution in [3.8, 4) is 0 Å². The van der Waals surface area contributed by atoms with E-state index < -0.39 is 11.9 Å². The Morgan fingerprint density at radius 2 is 2.09 bits per heavy atom. The lowest BCUT2D eigenvalue weighted by molar-refractivity contribution is -0.141. The van der Waals surface area contributed by atoms with E-state index in [2.05, 4.69) is 26.0 Å². The molecule has 2 aromatic rings. The molecule has 1 aliphatic heterocycles. The molecule has 0 aliphatic carbocycles. The Morgan fingerprint density at radius 1 is 1.30 bits per heavy atom. The smallest absolute Gasteiger partial charge is 0.336 e. The second-order valence-electron chi connectivity index (χ2n) is 5.26. The van der Waals surface area contributed by atoms with Crippen molar-refractivity contribution in [2.45, 2.75) is 18.6 Å². The van der Waals surface area contributed by atoms with Crippen LogP contribution in [-0.4, -0.2) is 38.7 Å². The van der Waals surface area contributed by atoms with Gasteiger partial charge in [-0.1, -0.05) is 0 Å². The molecule has 0 spiro atoms. The molecule has 1 amide bonds. The fraction of sp³-hybridized carbons (Fsp3) is 0.357. The summed E-state index contributed by atoms with van der Waals surface area (Å²) in [5.41, 5.74) is -0.852. The Labute approximate surface area is 138 Å². The zero-order valence-corrected chi connectivity index (χ0v) is 13.4. The standard InChI is InChI=1S/C14H12BrF3N4O/c15-10-6-20-22(7-10)11-3-4-21(8-11)13(23)9-1-2-12(19-5-9)14(16,17)18/h1-2,5-7,11H,3-4,8H2. The van der Waals surface area contributed by atoms with Crippen molar-refractivity contribution in [2.24, 2.45) is 0 Å². The molecule has 0 saturated carbocycles. The van der Waals surface area contributed by atoms with Crippen LogP contribution in [-0.2, 0) is 6.18 Å². The number of likely N-dealkylation sites (tertiary alicyclic amines) is 1. The number of pyridine rings is 1. The van der Waals surface area contributed by atoms with Crippen molar-refractivity contribution < 1.29 is 18.0 Å². The van der Waals surface area contributed by atoms with Gasteiger partial charge in [-0.05, 0) is 34.5 Å². The Bertz CT molecular complexity index is 714. The maximum atomic E-state index is 12.5. The van der Waals surface area contributed by atoms with Crippen LogP contribution in [0.3, 0.4) is 0 Å². The van der Waals surface area contributed by atoms with Gasteiger partial charge in [-0.25, -0.2) is 0 Å². The number of amides is 1. The average molecular weight is 389 g/mol. The van der Waals surface area contributed by atoms with E-state index in [4.69, 9.17) is 0 Å². The zero-order chi connectivity index (χ0) is 16.6. The summed E-state index contributed by atoms with van der Waals surface area (Å²) < 4.78 is 40.1. The van der Waals surface area contributed by atoms with E-state index in [0.717, 1.165) is 29.2 Å². The van der Waals surface area contributed by atoms with Gasteiger partial charge < -0.3 is 4.90 Å². The molecule has 3 heterocycles. The number of alkyl halides is 3. The summed E-state index contributed by atoms with van der Waals surface area (Å²) in [6.45, 7) is 0.996. The zero-order valence-electron chi connectivity index (χ0n) is 11.8. The number of hydrogen-bond acceptors (Lipinski definition) is 3. The van der Waals surface area contributed by atoms with E-state index in [1.807, 2.05) is 6.20 Å². The minimum atomic E-state index is -4.51. The minimum absolute atomic E-state index is 0.0626. The molecule has 0 radical (unpaired) electrons. The summed E-state index contributed by atoms with van der Waals surface area (Å²) >= 11 is 3.32. The van der Waals surface area contributed by atoms with E-state index in [0.29, 0.717) is 13.1 Å². The van der Waals surface area contributed by atoms with Crippen LogP contribution in [0.1, 0.15) is 28.5 Å². The quantitative estimate of drug-likeness (QED) is 0.793. The van der Waals surface area contributed by atoms with E-state index in [1.54, 1.807) is 15.8 Å². The first-order valence-corrected chi connectivity index (χ1v) is 7.66. The molecule has 1 aliphatic rings. The first-order chi connectivity index (χ1) is 10.8. The second kappa shape index (κ2) is 5.95. The normalized spacial score (nSPS) is 18.4. The molecule has 2 aromatic heterocycles. The van der Waals surface area contributed by atoms with Crippen molar-refractivity contribution in [1.82, 2.24) is 19.7 Å². The van der Waals surface area contributed by atoms with Crippen molar-refractivity contribution in [1.29, 1.82) is 0 Å². The van der Waals surface area contributed by atoms with Crippen molar-refractivity contribution in [2.75, 3.05) is 13.1 Å². The van der Waals surface area contributed by atoms with Gasteiger partial charge in [-0.2, -0.15) is 18.3 Å². The third kappa shape index (κ3) is 3.39. The first-order valence-electron chi connectivity index (χ1n) is 6.87. The second-order valence-corrected chi connectivity index (χ2v) is 6.18. The third-order valence-electron chi connectivity index (χ3n) is 3.70. The Morgan fingerprint density at radius 3 is 2.65 bits per heavy atom. The monoisotopic (exact) mass is 388 g/mol. The summed E-state index contributed by atoms with van der Waals surface area (Å²) in [7, 11) is 0. The molecular formula is C14H12BrF3N4O. The molecule has 1 saturated heterocycles. The third-order valence-corrected chi connectivity index (χ3v) is 4.11. The summed E-state index contributed by atoms with van der Waals surface area (Å²) in [5, 5.41) is 4.20. The van der Waals surface area contributed by atoms with Gasteiger partial charge in [0, 0.05) is 25.5 Å². The largest absolute Gasteiger partial charge is 0.433 e. The van der Waals surface area contributed by atoms with Gasteiger partial charge in [0.1, 0.15) is 5.69 Å². The van der Waals surface area contributed by atoms with Crippen LogP contribution in [0.15, 0.2) is 35.2 Å². The summed E-state index contributed by atoms with van der Waals surface area (Å²) in [5.74, 6) is -0.319. The molecule has 0 bridgehead atoms. The molecular weight excluding hydrogens is 377 g/mol. The molecule has 1 atom stereocenters. The van der Waals surface area contributed by atoms with Gasteiger partial charge in [0.25, 0.3) is 5.91 Å². The van der Waals surface area contributed by atoms with Gasteiger partial charge in [0.15, 0.2) is 0 Å². The number of hydrogen-bond donors (Lipinski definition) is 0. The molecule has 1 unspecified atom stereocenters. The number of carbonyl (C=O) groups is 1. The van der Waals surface area contributed by atoms with Crippen LogP contribution in [0.2, 0.25) is 0 Å². The van der Waals surface area contributed by atoms with Gasteiger partial charge in [-0.15, -0.1) is 0 Å².